The highest BCUT2D eigenvalue weighted by Gasteiger charge is 2.37. The molecule has 0 amide bonds. The first-order valence-electron chi connectivity index (χ1n) is 10.8. The molecule has 3 aliphatic rings. The van der Waals surface area contributed by atoms with Gasteiger partial charge < -0.3 is 14.2 Å². The van der Waals surface area contributed by atoms with Crippen LogP contribution in [0.4, 0.5) is 0 Å². The molecule has 1 saturated heterocycles. The lowest BCUT2D eigenvalue weighted by atomic mass is 9.85. The van der Waals surface area contributed by atoms with E-state index in [2.05, 4.69) is 47.7 Å². The Morgan fingerprint density at radius 3 is 2.61 bits per heavy atom. The summed E-state index contributed by atoms with van der Waals surface area (Å²) < 4.78 is 19.4. The van der Waals surface area contributed by atoms with Crippen LogP contribution in [0.15, 0.2) is 10.5 Å². The number of fused-ring (bicyclic) bond motifs is 3. The lowest BCUT2D eigenvalue weighted by Crippen LogP contribution is -2.47. The largest absolute Gasteiger partial charge is 0.493 e. The molecule has 4 rings (SSSR count). The number of methoxy groups -OCH3 is 1. The molecule has 1 aliphatic carbocycles. The normalized spacial score (nSPS) is 25.6. The Kier molecular flexibility index (Phi) is 5.97. The number of halogens is 1. The van der Waals surface area contributed by atoms with Gasteiger partial charge in [0, 0.05) is 19.1 Å². The molecule has 1 aromatic rings. The van der Waals surface area contributed by atoms with Crippen LogP contribution in [-0.2, 0) is 11.2 Å². The number of benzene rings is 1. The molecule has 2 fully saturated rings. The van der Waals surface area contributed by atoms with E-state index < -0.39 is 0 Å². The highest BCUT2D eigenvalue weighted by Crippen LogP contribution is 2.47. The SMILES string of the molecule is COc1cc2c(c(Br)c1OCC1CCC1)CCN1CC(OC(C)(C)C)CCC21. The third-order valence-corrected chi connectivity index (χ3v) is 7.24. The molecule has 5 heteroatoms. The Morgan fingerprint density at radius 1 is 1.18 bits per heavy atom. The second-order valence-corrected chi connectivity index (χ2v) is 10.4. The van der Waals surface area contributed by atoms with Crippen molar-refractivity contribution in [3.8, 4) is 11.5 Å². The van der Waals surface area contributed by atoms with Crippen molar-refractivity contribution >= 4 is 15.9 Å². The fourth-order valence-corrected chi connectivity index (χ4v) is 5.56. The molecular formula is C23H34BrNO3. The van der Waals surface area contributed by atoms with Crippen molar-refractivity contribution in [2.45, 2.75) is 77.0 Å². The Morgan fingerprint density at radius 2 is 1.96 bits per heavy atom. The highest BCUT2D eigenvalue weighted by atomic mass is 79.9. The van der Waals surface area contributed by atoms with Gasteiger partial charge in [-0.2, -0.15) is 0 Å². The smallest absolute Gasteiger partial charge is 0.175 e. The third-order valence-electron chi connectivity index (χ3n) is 6.40. The first-order chi connectivity index (χ1) is 13.4. The summed E-state index contributed by atoms with van der Waals surface area (Å²) >= 11 is 3.87. The van der Waals surface area contributed by atoms with E-state index in [0.29, 0.717) is 18.1 Å². The quantitative estimate of drug-likeness (QED) is 0.589. The standard InChI is InChI=1S/C23H34BrNO3/c1-23(2,3)28-16-8-9-19-18-12-20(26-4)22(27-14-15-6-5-7-15)21(24)17(18)10-11-25(19)13-16/h12,15-16,19H,5-11,13-14H2,1-4H3. The minimum Gasteiger partial charge on any atom is -0.493 e. The van der Waals surface area contributed by atoms with Gasteiger partial charge in [-0.05, 0) is 91.9 Å². The van der Waals surface area contributed by atoms with Crippen LogP contribution in [0.3, 0.4) is 0 Å². The minimum absolute atomic E-state index is 0.0792. The van der Waals surface area contributed by atoms with Crippen molar-refractivity contribution in [3.05, 3.63) is 21.7 Å². The van der Waals surface area contributed by atoms with Gasteiger partial charge in [0.2, 0.25) is 0 Å². The zero-order valence-electron chi connectivity index (χ0n) is 17.7. The van der Waals surface area contributed by atoms with Crippen LogP contribution in [0.2, 0.25) is 0 Å². The van der Waals surface area contributed by atoms with Crippen molar-refractivity contribution in [3.63, 3.8) is 0 Å². The van der Waals surface area contributed by atoms with E-state index in [1.54, 1.807) is 7.11 Å². The number of ether oxygens (including phenoxy) is 3. The molecule has 2 atom stereocenters. The first-order valence-corrected chi connectivity index (χ1v) is 11.6. The molecule has 28 heavy (non-hydrogen) atoms. The molecular weight excluding hydrogens is 418 g/mol. The van der Waals surface area contributed by atoms with Gasteiger partial charge in [-0.15, -0.1) is 0 Å². The summed E-state index contributed by atoms with van der Waals surface area (Å²) in [5.74, 6) is 2.47. The fraction of sp³-hybridized carbons (Fsp3) is 0.739. The maximum atomic E-state index is 6.28. The summed E-state index contributed by atoms with van der Waals surface area (Å²) in [7, 11) is 1.75. The molecule has 0 spiro atoms. The van der Waals surface area contributed by atoms with E-state index in [9.17, 15) is 0 Å². The highest BCUT2D eigenvalue weighted by molar-refractivity contribution is 9.10. The Labute approximate surface area is 178 Å². The summed E-state index contributed by atoms with van der Waals surface area (Å²) in [5.41, 5.74) is 2.73. The van der Waals surface area contributed by atoms with Crippen LogP contribution in [0.5, 0.6) is 11.5 Å². The minimum atomic E-state index is -0.0792. The molecule has 1 aromatic carbocycles. The van der Waals surface area contributed by atoms with Crippen LogP contribution < -0.4 is 9.47 Å². The Hall–Kier alpha value is -0.780. The number of hydrogen-bond donors (Lipinski definition) is 0. The fourth-order valence-electron chi connectivity index (χ4n) is 4.82. The number of rotatable bonds is 5. The number of hydrogen-bond acceptors (Lipinski definition) is 4. The van der Waals surface area contributed by atoms with Crippen molar-refractivity contribution < 1.29 is 14.2 Å². The number of piperidine rings is 1. The molecule has 0 bridgehead atoms. The molecule has 1 saturated carbocycles. The van der Waals surface area contributed by atoms with Crippen LogP contribution in [0.1, 0.15) is 70.0 Å². The molecule has 0 radical (unpaired) electrons. The van der Waals surface area contributed by atoms with Gasteiger partial charge in [-0.1, -0.05) is 6.42 Å². The van der Waals surface area contributed by atoms with Gasteiger partial charge in [0.25, 0.3) is 0 Å². The zero-order chi connectivity index (χ0) is 19.9. The maximum absolute atomic E-state index is 6.28. The first kappa shape index (κ1) is 20.5. The van der Waals surface area contributed by atoms with Crippen LogP contribution in [0.25, 0.3) is 0 Å². The van der Waals surface area contributed by atoms with E-state index >= 15 is 0 Å². The van der Waals surface area contributed by atoms with Crippen LogP contribution >= 0.6 is 15.9 Å². The molecule has 0 aromatic heterocycles. The second kappa shape index (κ2) is 8.16. The molecule has 156 valence electrons. The van der Waals surface area contributed by atoms with Gasteiger partial charge in [0.05, 0.1) is 29.9 Å². The predicted octanol–water partition coefficient (Wildman–Crippen LogP) is 5.51. The topological polar surface area (TPSA) is 30.9 Å². The van der Waals surface area contributed by atoms with Gasteiger partial charge in [0.1, 0.15) is 0 Å². The average molecular weight is 452 g/mol. The monoisotopic (exact) mass is 451 g/mol. The molecule has 2 aliphatic heterocycles. The van der Waals surface area contributed by atoms with Gasteiger partial charge in [0.15, 0.2) is 11.5 Å². The summed E-state index contributed by atoms with van der Waals surface area (Å²) in [4.78, 5) is 2.60. The van der Waals surface area contributed by atoms with Crippen molar-refractivity contribution in [2.75, 3.05) is 26.8 Å². The lowest BCUT2D eigenvalue weighted by molar-refractivity contribution is -0.0972. The summed E-state index contributed by atoms with van der Waals surface area (Å²) in [6, 6.07) is 2.69. The summed E-state index contributed by atoms with van der Waals surface area (Å²) in [6.07, 6.45) is 7.53. The van der Waals surface area contributed by atoms with Crippen molar-refractivity contribution in [2.24, 2.45) is 5.92 Å². The predicted molar refractivity (Wildman–Crippen MR) is 115 cm³/mol. The Balaban J connectivity index is 1.54. The summed E-state index contributed by atoms with van der Waals surface area (Å²) in [6.45, 7) is 9.35. The van der Waals surface area contributed by atoms with Gasteiger partial charge in [-0.25, -0.2) is 0 Å². The van der Waals surface area contributed by atoms with Crippen LogP contribution in [0, 0.1) is 5.92 Å². The van der Waals surface area contributed by atoms with E-state index in [1.165, 1.54) is 30.4 Å². The van der Waals surface area contributed by atoms with Gasteiger partial charge in [-0.3, -0.25) is 4.90 Å². The summed E-state index contributed by atoms with van der Waals surface area (Å²) in [5, 5.41) is 0. The average Bonchev–Trinajstić information content (AvgIpc) is 2.60. The zero-order valence-corrected chi connectivity index (χ0v) is 19.3. The van der Waals surface area contributed by atoms with E-state index in [4.69, 9.17) is 14.2 Å². The lowest BCUT2D eigenvalue weighted by Gasteiger charge is -2.45. The Bertz CT molecular complexity index is 711. The van der Waals surface area contributed by atoms with E-state index in [-0.39, 0.29) is 5.60 Å². The molecule has 0 N–H and O–H groups in total. The molecule has 2 unspecified atom stereocenters. The van der Waals surface area contributed by atoms with Crippen molar-refractivity contribution in [1.29, 1.82) is 0 Å². The van der Waals surface area contributed by atoms with Crippen molar-refractivity contribution in [1.82, 2.24) is 4.90 Å². The molecule has 4 nitrogen and oxygen atoms in total. The van der Waals surface area contributed by atoms with E-state index in [0.717, 1.165) is 54.9 Å². The maximum Gasteiger partial charge on any atom is 0.175 e. The van der Waals surface area contributed by atoms with Gasteiger partial charge >= 0.3 is 0 Å². The second-order valence-electron chi connectivity index (χ2n) is 9.59. The number of nitrogens with zero attached hydrogens (tertiary/aromatic N) is 1. The molecule has 2 heterocycles. The van der Waals surface area contributed by atoms with E-state index in [1.807, 2.05) is 0 Å². The van der Waals surface area contributed by atoms with Crippen LogP contribution in [-0.4, -0.2) is 43.4 Å². The third kappa shape index (κ3) is 4.22.